The molecule has 0 fully saturated rings. The molecule has 1 N–H and O–H groups in total. The molecular formula is C13H18ClNOS. The molecule has 0 spiro atoms. The van der Waals surface area contributed by atoms with Gasteiger partial charge in [-0.15, -0.1) is 11.8 Å². The van der Waals surface area contributed by atoms with Gasteiger partial charge in [0.2, 0.25) is 5.91 Å². The number of hydrogen-bond donors (Lipinski definition) is 1. The van der Waals surface area contributed by atoms with Crippen molar-refractivity contribution in [3.8, 4) is 0 Å². The molecule has 4 heteroatoms. The van der Waals surface area contributed by atoms with Crippen LogP contribution in [0.5, 0.6) is 0 Å². The van der Waals surface area contributed by atoms with E-state index >= 15 is 0 Å². The third kappa shape index (κ3) is 5.46. The molecule has 0 radical (unpaired) electrons. The van der Waals surface area contributed by atoms with Crippen LogP contribution in [0.2, 0.25) is 5.02 Å². The topological polar surface area (TPSA) is 29.1 Å². The standard InChI is InChI=1S/C13H18ClNOS/c1-3-4-9-15-13(16)10(2)17-12-7-5-11(14)6-8-12/h5-8,10H,3-4,9H2,1-2H3,(H,15,16)/t10-/m1/s1. The van der Waals surface area contributed by atoms with Crippen molar-refractivity contribution in [1.82, 2.24) is 5.32 Å². The maximum atomic E-state index is 11.7. The zero-order valence-corrected chi connectivity index (χ0v) is 11.8. The van der Waals surface area contributed by atoms with Crippen molar-refractivity contribution in [2.45, 2.75) is 36.8 Å². The first-order valence-corrected chi connectivity index (χ1v) is 7.09. The summed E-state index contributed by atoms with van der Waals surface area (Å²) in [4.78, 5) is 12.8. The van der Waals surface area contributed by atoms with Crippen LogP contribution in [-0.2, 0) is 4.79 Å². The number of nitrogens with one attached hydrogen (secondary N) is 1. The average Bonchev–Trinajstić information content (AvgIpc) is 2.32. The number of thioether (sulfide) groups is 1. The molecule has 0 bridgehead atoms. The Morgan fingerprint density at radius 1 is 1.41 bits per heavy atom. The van der Waals surface area contributed by atoms with E-state index in [0.717, 1.165) is 29.3 Å². The Morgan fingerprint density at radius 3 is 2.65 bits per heavy atom. The number of carbonyl (C=O) groups is 1. The highest BCUT2D eigenvalue weighted by Gasteiger charge is 2.13. The van der Waals surface area contributed by atoms with Gasteiger partial charge in [-0.2, -0.15) is 0 Å². The third-order valence-electron chi connectivity index (χ3n) is 2.33. The highest BCUT2D eigenvalue weighted by molar-refractivity contribution is 8.00. The zero-order chi connectivity index (χ0) is 12.7. The quantitative estimate of drug-likeness (QED) is 0.631. The smallest absolute Gasteiger partial charge is 0.233 e. The molecule has 17 heavy (non-hydrogen) atoms. The Labute approximate surface area is 112 Å². The Morgan fingerprint density at radius 2 is 2.06 bits per heavy atom. The Balaban J connectivity index is 2.40. The summed E-state index contributed by atoms with van der Waals surface area (Å²) in [6, 6.07) is 7.54. The maximum Gasteiger partial charge on any atom is 0.233 e. The van der Waals surface area contributed by atoms with E-state index < -0.39 is 0 Å². The predicted octanol–water partition coefficient (Wildman–Crippen LogP) is 3.74. The molecule has 0 aliphatic carbocycles. The lowest BCUT2D eigenvalue weighted by atomic mass is 10.3. The molecule has 0 unspecified atom stereocenters. The summed E-state index contributed by atoms with van der Waals surface area (Å²) in [7, 11) is 0. The Kier molecular flexibility index (Phi) is 6.45. The zero-order valence-electron chi connectivity index (χ0n) is 10.2. The van der Waals surface area contributed by atoms with Gasteiger partial charge in [0, 0.05) is 16.5 Å². The monoisotopic (exact) mass is 271 g/mol. The van der Waals surface area contributed by atoms with Gasteiger partial charge in [0.05, 0.1) is 5.25 Å². The maximum absolute atomic E-state index is 11.7. The molecular weight excluding hydrogens is 254 g/mol. The molecule has 1 aromatic rings. The summed E-state index contributed by atoms with van der Waals surface area (Å²) in [6.45, 7) is 4.79. The minimum Gasteiger partial charge on any atom is -0.355 e. The number of hydrogen-bond acceptors (Lipinski definition) is 2. The van der Waals surface area contributed by atoms with Gasteiger partial charge >= 0.3 is 0 Å². The van der Waals surface area contributed by atoms with E-state index in [4.69, 9.17) is 11.6 Å². The van der Waals surface area contributed by atoms with Crippen LogP contribution >= 0.6 is 23.4 Å². The minimum atomic E-state index is -0.0759. The summed E-state index contributed by atoms with van der Waals surface area (Å²) in [5.41, 5.74) is 0. The van der Waals surface area contributed by atoms with Gasteiger partial charge in [0.1, 0.15) is 0 Å². The lowest BCUT2D eigenvalue weighted by Gasteiger charge is -2.11. The fourth-order valence-electron chi connectivity index (χ4n) is 1.30. The lowest BCUT2D eigenvalue weighted by molar-refractivity contribution is -0.120. The molecule has 0 heterocycles. The van der Waals surface area contributed by atoms with Crippen LogP contribution in [0.15, 0.2) is 29.2 Å². The number of unbranched alkanes of at least 4 members (excludes halogenated alkanes) is 1. The molecule has 0 aliphatic heterocycles. The summed E-state index contributed by atoms with van der Waals surface area (Å²) in [6.07, 6.45) is 2.13. The van der Waals surface area contributed by atoms with E-state index in [1.165, 1.54) is 0 Å². The van der Waals surface area contributed by atoms with Gasteiger partial charge in [-0.05, 0) is 37.6 Å². The van der Waals surface area contributed by atoms with E-state index in [9.17, 15) is 4.79 Å². The largest absolute Gasteiger partial charge is 0.355 e. The fraction of sp³-hybridized carbons (Fsp3) is 0.462. The van der Waals surface area contributed by atoms with Gasteiger partial charge in [0.15, 0.2) is 0 Å². The van der Waals surface area contributed by atoms with Gasteiger partial charge in [-0.3, -0.25) is 4.79 Å². The average molecular weight is 272 g/mol. The van der Waals surface area contributed by atoms with Crippen LogP contribution in [0.4, 0.5) is 0 Å². The molecule has 94 valence electrons. The molecule has 0 saturated carbocycles. The van der Waals surface area contributed by atoms with Crippen LogP contribution in [0.1, 0.15) is 26.7 Å². The second kappa shape index (κ2) is 7.62. The van der Waals surface area contributed by atoms with E-state index in [1.54, 1.807) is 11.8 Å². The molecule has 0 aliphatic rings. The summed E-state index contributed by atoms with van der Waals surface area (Å²) in [5, 5.41) is 3.57. The second-order valence-electron chi connectivity index (χ2n) is 3.86. The van der Waals surface area contributed by atoms with Crippen LogP contribution in [-0.4, -0.2) is 17.7 Å². The van der Waals surface area contributed by atoms with Gasteiger partial charge in [-0.25, -0.2) is 0 Å². The molecule has 1 amide bonds. The highest BCUT2D eigenvalue weighted by atomic mass is 35.5. The summed E-state index contributed by atoms with van der Waals surface area (Å²) < 4.78 is 0. The number of carbonyl (C=O) groups excluding carboxylic acids is 1. The van der Waals surface area contributed by atoms with Crippen LogP contribution in [0, 0.1) is 0 Å². The molecule has 1 atom stereocenters. The van der Waals surface area contributed by atoms with Crippen LogP contribution in [0.25, 0.3) is 0 Å². The Bertz CT molecular complexity index is 353. The molecule has 1 rings (SSSR count). The van der Waals surface area contributed by atoms with E-state index in [-0.39, 0.29) is 11.2 Å². The number of halogens is 1. The van der Waals surface area contributed by atoms with E-state index in [1.807, 2.05) is 31.2 Å². The van der Waals surface area contributed by atoms with Crippen molar-refractivity contribution >= 4 is 29.3 Å². The normalized spacial score (nSPS) is 12.2. The van der Waals surface area contributed by atoms with Crippen molar-refractivity contribution in [3.05, 3.63) is 29.3 Å². The minimum absolute atomic E-state index is 0.0759. The number of rotatable bonds is 6. The van der Waals surface area contributed by atoms with Crippen molar-refractivity contribution < 1.29 is 4.79 Å². The SMILES string of the molecule is CCCCNC(=O)[C@@H](C)Sc1ccc(Cl)cc1. The summed E-state index contributed by atoms with van der Waals surface area (Å²) >= 11 is 7.35. The van der Waals surface area contributed by atoms with Crippen LogP contribution in [0.3, 0.4) is 0 Å². The van der Waals surface area contributed by atoms with Gasteiger partial charge in [0.25, 0.3) is 0 Å². The van der Waals surface area contributed by atoms with E-state index in [0.29, 0.717) is 0 Å². The third-order valence-corrected chi connectivity index (χ3v) is 3.69. The molecule has 1 aromatic carbocycles. The first kappa shape index (κ1) is 14.4. The van der Waals surface area contributed by atoms with Crippen molar-refractivity contribution in [3.63, 3.8) is 0 Å². The fourth-order valence-corrected chi connectivity index (χ4v) is 2.32. The van der Waals surface area contributed by atoms with Crippen molar-refractivity contribution in [2.24, 2.45) is 0 Å². The Hall–Kier alpha value is -0.670. The van der Waals surface area contributed by atoms with Crippen molar-refractivity contribution in [2.75, 3.05) is 6.54 Å². The molecule has 0 aromatic heterocycles. The second-order valence-corrected chi connectivity index (χ2v) is 5.71. The first-order chi connectivity index (χ1) is 8.13. The van der Waals surface area contributed by atoms with Crippen molar-refractivity contribution in [1.29, 1.82) is 0 Å². The van der Waals surface area contributed by atoms with Crippen LogP contribution < -0.4 is 5.32 Å². The molecule has 0 saturated heterocycles. The predicted molar refractivity (Wildman–Crippen MR) is 74.7 cm³/mol. The van der Waals surface area contributed by atoms with E-state index in [2.05, 4.69) is 12.2 Å². The van der Waals surface area contributed by atoms with Gasteiger partial charge in [-0.1, -0.05) is 24.9 Å². The summed E-state index contributed by atoms with van der Waals surface area (Å²) in [5.74, 6) is 0.0957. The van der Waals surface area contributed by atoms with Gasteiger partial charge < -0.3 is 5.32 Å². The highest BCUT2D eigenvalue weighted by Crippen LogP contribution is 2.24. The number of benzene rings is 1. The first-order valence-electron chi connectivity index (χ1n) is 5.83. The number of amides is 1. The lowest BCUT2D eigenvalue weighted by Crippen LogP contribution is -2.31. The molecule has 2 nitrogen and oxygen atoms in total.